The van der Waals surface area contributed by atoms with Gasteiger partial charge in [0.25, 0.3) is 0 Å². The lowest BCUT2D eigenvalue weighted by molar-refractivity contribution is -0.142. The van der Waals surface area contributed by atoms with Crippen molar-refractivity contribution in [2.45, 2.75) is 12.8 Å². The lowest BCUT2D eigenvalue weighted by atomic mass is 10.00. The quantitative estimate of drug-likeness (QED) is 0.648. The van der Waals surface area contributed by atoms with Gasteiger partial charge in [0, 0.05) is 19.3 Å². The highest BCUT2D eigenvalue weighted by Crippen LogP contribution is 2.26. The minimum Gasteiger partial charge on any atom is -0.479 e. The molecule has 0 aromatic heterocycles. The van der Waals surface area contributed by atoms with Crippen LogP contribution in [-0.4, -0.2) is 37.5 Å². The zero-order chi connectivity index (χ0) is 13.0. The average Bonchev–Trinajstić information content (AvgIpc) is 2.35. The molecular formula is C13H16N2O3. The summed E-state index contributed by atoms with van der Waals surface area (Å²) in [5.41, 5.74) is 3.48. The van der Waals surface area contributed by atoms with Crippen molar-refractivity contribution in [3.63, 3.8) is 0 Å². The van der Waals surface area contributed by atoms with Crippen LogP contribution in [0.1, 0.15) is 17.5 Å². The number of benzene rings is 1. The Hall–Kier alpha value is -2.04. The van der Waals surface area contributed by atoms with E-state index in [-0.39, 0.29) is 0 Å². The highest BCUT2D eigenvalue weighted by atomic mass is 16.6. The average molecular weight is 248 g/mol. The van der Waals surface area contributed by atoms with Gasteiger partial charge in [-0.15, -0.1) is 0 Å². The van der Waals surface area contributed by atoms with Gasteiger partial charge < -0.3 is 14.8 Å². The molecule has 1 N–H and O–H groups in total. The largest absolute Gasteiger partial charge is 0.479 e. The molecule has 0 saturated carbocycles. The molecule has 0 radical (unpaired) electrons. The van der Waals surface area contributed by atoms with E-state index in [0.717, 1.165) is 24.9 Å². The summed E-state index contributed by atoms with van der Waals surface area (Å²) < 4.78 is 0. The summed E-state index contributed by atoms with van der Waals surface area (Å²) in [5, 5.41) is 12.0. The molecule has 1 aliphatic heterocycles. The second-order valence-corrected chi connectivity index (χ2v) is 4.31. The molecule has 1 aromatic carbocycles. The molecule has 0 atom stereocenters. The summed E-state index contributed by atoms with van der Waals surface area (Å²) in [6, 6.07) is 6.08. The highest BCUT2D eigenvalue weighted by molar-refractivity contribution is 5.81. The zero-order valence-corrected chi connectivity index (χ0v) is 10.3. The van der Waals surface area contributed by atoms with Crippen LogP contribution < -0.4 is 4.90 Å². The number of carbonyl (C=O) groups is 1. The van der Waals surface area contributed by atoms with Crippen molar-refractivity contribution in [1.82, 2.24) is 0 Å². The summed E-state index contributed by atoms with van der Waals surface area (Å²) in [5.74, 6) is -1.03. The fraction of sp³-hybridized carbons (Fsp3) is 0.385. The zero-order valence-electron chi connectivity index (χ0n) is 10.3. The fourth-order valence-corrected chi connectivity index (χ4v) is 2.08. The highest BCUT2D eigenvalue weighted by Gasteiger charge is 2.13. The third-order valence-electron chi connectivity index (χ3n) is 2.92. The van der Waals surface area contributed by atoms with E-state index >= 15 is 0 Å². The normalized spacial score (nSPS) is 14.6. The molecule has 0 saturated heterocycles. The Morgan fingerprint density at radius 1 is 1.61 bits per heavy atom. The number of oxime groups is 1. The van der Waals surface area contributed by atoms with Gasteiger partial charge in [0.15, 0.2) is 0 Å². The Labute approximate surface area is 106 Å². The van der Waals surface area contributed by atoms with E-state index in [0.29, 0.717) is 0 Å². The smallest absolute Gasteiger partial charge is 0.344 e. The summed E-state index contributed by atoms with van der Waals surface area (Å²) in [4.78, 5) is 17.1. The molecule has 96 valence electrons. The van der Waals surface area contributed by atoms with Crippen LogP contribution in [0.15, 0.2) is 23.4 Å². The molecule has 1 aliphatic rings. The van der Waals surface area contributed by atoms with Crippen LogP contribution >= 0.6 is 0 Å². The summed E-state index contributed by atoms with van der Waals surface area (Å²) >= 11 is 0. The van der Waals surface area contributed by atoms with Crippen LogP contribution in [-0.2, 0) is 16.1 Å². The molecule has 0 bridgehead atoms. The number of hydrogen-bond donors (Lipinski definition) is 1. The number of carboxylic acids is 1. The fourth-order valence-electron chi connectivity index (χ4n) is 2.08. The van der Waals surface area contributed by atoms with Gasteiger partial charge >= 0.3 is 5.97 Å². The van der Waals surface area contributed by atoms with E-state index in [2.05, 4.69) is 34.1 Å². The molecule has 0 spiro atoms. The van der Waals surface area contributed by atoms with Crippen molar-refractivity contribution in [3.05, 3.63) is 29.3 Å². The van der Waals surface area contributed by atoms with Crippen LogP contribution in [0.2, 0.25) is 0 Å². The minimum atomic E-state index is -1.03. The number of anilines is 1. The third-order valence-corrected chi connectivity index (χ3v) is 2.92. The predicted molar refractivity (Wildman–Crippen MR) is 69.2 cm³/mol. The van der Waals surface area contributed by atoms with Crippen molar-refractivity contribution in [3.8, 4) is 0 Å². The number of aryl methyl sites for hydroxylation is 1. The van der Waals surface area contributed by atoms with Crippen molar-refractivity contribution < 1.29 is 14.7 Å². The first-order valence-electron chi connectivity index (χ1n) is 5.88. The Kier molecular flexibility index (Phi) is 3.82. The van der Waals surface area contributed by atoms with Crippen molar-refractivity contribution in [1.29, 1.82) is 0 Å². The van der Waals surface area contributed by atoms with E-state index in [1.54, 1.807) is 0 Å². The van der Waals surface area contributed by atoms with Crippen LogP contribution in [0.5, 0.6) is 0 Å². The SMILES string of the molecule is CN1CCCc2cc(C=NOCC(=O)O)ccc21. The maximum absolute atomic E-state index is 10.2. The topological polar surface area (TPSA) is 62.1 Å². The predicted octanol–water partition coefficient (Wildman–Crippen LogP) is 1.50. The van der Waals surface area contributed by atoms with Crippen LogP contribution in [0.3, 0.4) is 0 Å². The van der Waals surface area contributed by atoms with E-state index in [1.165, 1.54) is 17.5 Å². The van der Waals surface area contributed by atoms with Crippen LogP contribution in [0.25, 0.3) is 0 Å². The van der Waals surface area contributed by atoms with Gasteiger partial charge in [-0.1, -0.05) is 11.2 Å². The molecular weight excluding hydrogens is 232 g/mol. The van der Waals surface area contributed by atoms with Crippen molar-refractivity contribution >= 4 is 17.9 Å². The van der Waals surface area contributed by atoms with Gasteiger partial charge in [-0.05, 0) is 36.1 Å². The molecule has 0 aliphatic carbocycles. The Bertz CT molecular complexity index is 471. The summed E-state index contributed by atoms with van der Waals surface area (Å²) in [6.45, 7) is 0.673. The maximum atomic E-state index is 10.2. The number of nitrogens with zero attached hydrogens (tertiary/aromatic N) is 2. The first-order chi connectivity index (χ1) is 8.66. The minimum absolute atomic E-state index is 0.413. The molecule has 5 nitrogen and oxygen atoms in total. The Morgan fingerprint density at radius 2 is 2.44 bits per heavy atom. The second-order valence-electron chi connectivity index (χ2n) is 4.31. The van der Waals surface area contributed by atoms with E-state index in [1.807, 2.05) is 6.07 Å². The summed E-state index contributed by atoms with van der Waals surface area (Å²) in [6.07, 6.45) is 3.76. The first kappa shape index (κ1) is 12.4. The molecule has 5 heteroatoms. The molecule has 18 heavy (non-hydrogen) atoms. The van der Waals surface area contributed by atoms with Gasteiger partial charge in [0.1, 0.15) is 0 Å². The van der Waals surface area contributed by atoms with E-state index in [9.17, 15) is 4.79 Å². The Morgan fingerprint density at radius 3 is 3.22 bits per heavy atom. The lowest BCUT2D eigenvalue weighted by Gasteiger charge is -2.27. The summed E-state index contributed by atoms with van der Waals surface area (Å²) in [7, 11) is 2.09. The number of rotatable bonds is 4. The lowest BCUT2D eigenvalue weighted by Crippen LogP contribution is -2.24. The first-order valence-corrected chi connectivity index (χ1v) is 5.88. The molecule has 2 rings (SSSR count). The van der Waals surface area contributed by atoms with E-state index in [4.69, 9.17) is 5.11 Å². The van der Waals surface area contributed by atoms with Gasteiger partial charge in [-0.25, -0.2) is 4.79 Å². The van der Waals surface area contributed by atoms with Crippen molar-refractivity contribution in [2.75, 3.05) is 25.1 Å². The monoisotopic (exact) mass is 248 g/mol. The standard InChI is InChI=1S/C13H16N2O3/c1-15-6-2-3-11-7-10(4-5-12(11)15)8-14-18-9-13(16)17/h4-5,7-8H,2-3,6,9H2,1H3,(H,16,17). The van der Waals surface area contributed by atoms with Crippen molar-refractivity contribution in [2.24, 2.45) is 5.16 Å². The van der Waals surface area contributed by atoms with Gasteiger partial charge in [0.2, 0.25) is 6.61 Å². The Balaban J connectivity index is 2.04. The molecule has 1 heterocycles. The second kappa shape index (κ2) is 5.53. The molecule has 0 unspecified atom stereocenters. The number of carboxylic acid groups (broad SMARTS) is 1. The van der Waals surface area contributed by atoms with Crippen LogP contribution in [0, 0.1) is 0 Å². The van der Waals surface area contributed by atoms with Gasteiger partial charge in [0.05, 0.1) is 6.21 Å². The molecule has 0 fully saturated rings. The number of fused-ring (bicyclic) bond motifs is 1. The van der Waals surface area contributed by atoms with E-state index < -0.39 is 12.6 Å². The van der Waals surface area contributed by atoms with Gasteiger partial charge in [-0.3, -0.25) is 0 Å². The number of hydrogen-bond acceptors (Lipinski definition) is 4. The van der Waals surface area contributed by atoms with Crippen LogP contribution in [0.4, 0.5) is 5.69 Å². The number of aliphatic carboxylic acids is 1. The maximum Gasteiger partial charge on any atom is 0.344 e. The molecule has 0 amide bonds. The molecule has 1 aromatic rings. The van der Waals surface area contributed by atoms with Gasteiger partial charge in [-0.2, -0.15) is 0 Å². The third kappa shape index (κ3) is 3.00.